The second-order valence-electron chi connectivity index (χ2n) is 2.92. The van der Waals surface area contributed by atoms with Crippen LogP contribution in [0.25, 0.3) is 0 Å². The molecular formula is C13H9Cl2N. The molecule has 0 bridgehead atoms. The Kier molecular flexibility index (Phi) is 5.42. The summed E-state index contributed by atoms with van der Waals surface area (Å²) >= 11 is 11.8. The van der Waals surface area contributed by atoms with Gasteiger partial charge < -0.3 is 0 Å². The monoisotopic (exact) mass is 249 g/mol. The van der Waals surface area contributed by atoms with Gasteiger partial charge in [0, 0.05) is 10.1 Å². The van der Waals surface area contributed by atoms with Crippen LogP contribution in [0.15, 0.2) is 70.3 Å². The lowest BCUT2D eigenvalue weighted by molar-refractivity contribution is 1.49. The van der Waals surface area contributed by atoms with Gasteiger partial charge in [0.1, 0.15) is 0 Å². The van der Waals surface area contributed by atoms with E-state index in [1.807, 2.05) is 6.07 Å². The van der Waals surface area contributed by atoms with Crippen molar-refractivity contribution in [1.29, 1.82) is 5.26 Å². The largest absolute Gasteiger partial charge is 0.192 e. The molecule has 0 aromatic carbocycles. The van der Waals surface area contributed by atoms with E-state index in [1.54, 1.807) is 54.7 Å². The van der Waals surface area contributed by atoms with Crippen LogP contribution in [0, 0.1) is 11.3 Å². The van der Waals surface area contributed by atoms with Gasteiger partial charge >= 0.3 is 0 Å². The van der Waals surface area contributed by atoms with Gasteiger partial charge in [-0.25, -0.2) is 0 Å². The zero-order valence-electron chi connectivity index (χ0n) is 8.40. The van der Waals surface area contributed by atoms with E-state index in [9.17, 15) is 0 Å². The van der Waals surface area contributed by atoms with Gasteiger partial charge in [-0.1, -0.05) is 47.5 Å². The molecule has 0 aromatic heterocycles. The Bertz CT molecular complexity index is 469. The number of halogens is 2. The van der Waals surface area contributed by atoms with Gasteiger partial charge in [-0.2, -0.15) is 5.26 Å². The third kappa shape index (κ3) is 4.84. The van der Waals surface area contributed by atoms with Crippen molar-refractivity contribution in [2.75, 3.05) is 0 Å². The van der Waals surface area contributed by atoms with E-state index >= 15 is 0 Å². The van der Waals surface area contributed by atoms with E-state index < -0.39 is 0 Å². The zero-order chi connectivity index (χ0) is 11.8. The van der Waals surface area contributed by atoms with Gasteiger partial charge in [0.15, 0.2) is 0 Å². The summed E-state index contributed by atoms with van der Waals surface area (Å²) in [5, 5.41) is 9.91. The van der Waals surface area contributed by atoms with Crippen LogP contribution in [0.4, 0.5) is 0 Å². The Morgan fingerprint density at radius 2 is 1.62 bits per heavy atom. The van der Waals surface area contributed by atoms with Crippen molar-refractivity contribution >= 4 is 23.2 Å². The van der Waals surface area contributed by atoms with E-state index in [0.717, 1.165) is 0 Å². The highest BCUT2D eigenvalue weighted by atomic mass is 35.5. The van der Waals surface area contributed by atoms with Crippen LogP contribution in [0.1, 0.15) is 0 Å². The molecule has 0 aliphatic heterocycles. The lowest BCUT2D eigenvalue weighted by Crippen LogP contribution is -1.73. The summed E-state index contributed by atoms with van der Waals surface area (Å²) in [6, 6.07) is 2.04. The van der Waals surface area contributed by atoms with Crippen LogP contribution in [0.5, 0.6) is 0 Å². The number of hydrogen-bond donors (Lipinski definition) is 0. The van der Waals surface area contributed by atoms with Crippen LogP contribution < -0.4 is 0 Å². The van der Waals surface area contributed by atoms with E-state index in [4.69, 9.17) is 28.5 Å². The van der Waals surface area contributed by atoms with E-state index in [1.165, 1.54) is 0 Å². The summed E-state index contributed by atoms with van der Waals surface area (Å²) in [4.78, 5) is 0. The Morgan fingerprint density at radius 1 is 0.875 bits per heavy atom. The van der Waals surface area contributed by atoms with Crippen LogP contribution in [-0.2, 0) is 0 Å². The first-order valence-corrected chi connectivity index (χ1v) is 5.34. The Balaban J connectivity index is 3.07. The quantitative estimate of drug-likeness (QED) is 0.626. The average Bonchev–Trinajstić information content (AvgIpc) is 2.25. The van der Waals surface area contributed by atoms with Crippen molar-refractivity contribution in [3.8, 4) is 6.07 Å². The van der Waals surface area contributed by atoms with E-state index in [-0.39, 0.29) is 0 Å². The average molecular weight is 250 g/mol. The van der Waals surface area contributed by atoms with Crippen molar-refractivity contribution < 1.29 is 0 Å². The maximum atomic E-state index is 8.83. The molecule has 0 radical (unpaired) electrons. The number of nitriles is 1. The minimum Gasteiger partial charge on any atom is -0.192 e. The summed E-state index contributed by atoms with van der Waals surface area (Å²) in [6.07, 6.45) is 15.5. The molecule has 1 rings (SSSR count). The zero-order valence-corrected chi connectivity index (χ0v) is 9.91. The fraction of sp³-hybridized carbons (Fsp3) is 0. The van der Waals surface area contributed by atoms with Crippen LogP contribution in [-0.4, -0.2) is 0 Å². The molecule has 3 heteroatoms. The van der Waals surface area contributed by atoms with E-state index in [2.05, 4.69) is 0 Å². The Labute approximate surface area is 105 Å². The molecule has 0 fully saturated rings. The van der Waals surface area contributed by atoms with Gasteiger partial charge in [-0.3, -0.25) is 0 Å². The summed E-state index contributed by atoms with van der Waals surface area (Å²) in [5.74, 6) is 0. The number of nitrogens with zero attached hydrogens (tertiary/aromatic N) is 1. The molecule has 16 heavy (non-hydrogen) atoms. The fourth-order valence-corrected chi connectivity index (χ4v) is 1.31. The third-order valence-electron chi connectivity index (χ3n) is 1.69. The smallest absolute Gasteiger partial charge is 0.0992 e. The molecule has 0 unspecified atom stereocenters. The highest BCUT2D eigenvalue weighted by molar-refractivity contribution is 6.32. The molecule has 0 aromatic rings. The normalized spacial score (nSPS) is 32.2. The summed E-state index contributed by atoms with van der Waals surface area (Å²) < 4.78 is 0. The minimum absolute atomic E-state index is 0.478. The minimum atomic E-state index is 0.478. The van der Waals surface area contributed by atoms with Crippen molar-refractivity contribution in [3.63, 3.8) is 0 Å². The van der Waals surface area contributed by atoms with Crippen LogP contribution in [0.2, 0.25) is 0 Å². The van der Waals surface area contributed by atoms with Crippen molar-refractivity contribution in [1.82, 2.24) is 0 Å². The second-order valence-corrected chi connectivity index (χ2v) is 3.79. The van der Waals surface area contributed by atoms with Crippen LogP contribution >= 0.6 is 23.2 Å². The topological polar surface area (TPSA) is 23.8 Å². The Morgan fingerprint density at radius 3 is 2.38 bits per heavy atom. The highest BCUT2D eigenvalue weighted by Gasteiger charge is 1.91. The molecule has 1 aliphatic rings. The van der Waals surface area contributed by atoms with Crippen LogP contribution in [0.3, 0.4) is 0 Å². The summed E-state index contributed by atoms with van der Waals surface area (Å²) in [6.45, 7) is 0. The number of hydrogen-bond acceptors (Lipinski definition) is 1. The van der Waals surface area contributed by atoms with Gasteiger partial charge in [0.25, 0.3) is 0 Å². The molecule has 1 nitrogen and oxygen atoms in total. The fourth-order valence-electron chi connectivity index (χ4n) is 0.973. The molecule has 0 N–H and O–H groups in total. The maximum Gasteiger partial charge on any atom is 0.0992 e. The molecule has 1 aliphatic carbocycles. The molecule has 0 saturated heterocycles. The summed E-state index contributed by atoms with van der Waals surface area (Å²) in [7, 11) is 0. The molecule has 0 amide bonds. The van der Waals surface area contributed by atoms with Crippen molar-refractivity contribution in [3.05, 3.63) is 70.3 Å². The van der Waals surface area contributed by atoms with E-state index in [0.29, 0.717) is 15.6 Å². The first-order chi connectivity index (χ1) is 7.72. The number of allylic oxidation sites excluding steroid dienone is 12. The van der Waals surface area contributed by atoms with Gasteiger partial charge in [0.05, 0.1) is 11.6 Å². The molecule has 0 heterocycles. The lowest BCUT2D eigenvalue weighted by atomic mass is 10.2. The van der Waals surface area contributed by atoms with Crippen molar-refractivity contribution in [2.45, 2.75) is 0 Å². The molecule has 0 saturated carbocycles. The standard InChI is InChI=1S/C13H9Cl2N/c14-12-6-3-1-2-5-11(10-16)9-13(15)8-4-7-12/h1-9H/b2-1-,3-1?,5-2?,6-3-,7-4?,8-4-,11-5+,11-9?,12-6?,12-7+,13-8?,13-9+. The highest BCUT2D eigenvalue weighted by Crippen LogP contribution is 2.11. The first-order valence-electron chi connectivity index (χ1n) is 4.58. The SMILES string of the molecule is N#CC1=C/C=C\C=C/C(Cl)=C\C=C/C(Cl)=C\1. The maximum absolute atomic E-state index is 8.83. The third-order valence-corrected chi connectivity index (χ3v) is 2.17. The Hall–Kier alpha value is -1.49. The number of rotatable bonds is 0. The van der Waals surface area contributed by atoms with Gasteiger partial charge in [0.2, 0.25) is 0 Å². The van der Waals surface area contributed by atoms with Crippen molar-refractivity contribution in [2.24, 2.45) is 0 Å². The molecular weight excluding hydrogens is 241 g/mol. The molecule has 0 spiro atoms. The first kappa shape index (κ1) is 12.6. The predicted molar refractivity (Wildman–Crippen MR) is 69.0 cm³/mol. The lowest BCUT2D eigenvalue weighted by Gasteiger charge is -1.90. The predicted octanol–water partition coefficient (Wildman–Crippen LogP) is 4.36. The van der Waals surface area contributed by atoms with Gasteiger partial charge in [-0.05, 0) is 30.4 Å². The van der Waals surface area contributed by atoms with Gasteiger partial charge in [-0.15, -0.1) is 0 Å². The summed E-state index contributed by atoms with van der Waals surface area (Å²) in [5.41, 5.74) is 0.495. The second kappa shape index (κ2) is 6.90. The molecule has 0 atom stereocenters. The molecule has 80 valence electrons.